The topological polar surface area (TPSA) is 54.0 Å². The zero-order valence-electron chi connectivity index (χ0n) is 13.0. The number of fused-ring (bicyclic) bond motifs is 3. The van der Waals surface area contributed by atoms with Gasteiger partial charge in [-0.25, -0.2) is 9.97 Å². The molecule has 3 heterocycles. The summed E-state index contributed by atoms with van der Waals surface area (Å²) in [6.45, 7) is 4.43. The highest BCUT2D eigenvalue weighted by Gasteiger charge is 2.21. The Hall–Kier alpha value is -2.30. The molecule has 1 aliphatic rings. The number of anilines is 1. The van der Waals surface area contributed by atoms with Crippen molar-refractivity contribution in [3.05, 3.63) is 24.5 Å². The molecule has 5 nitrogen and oxygen atoms in total. The number of hydrogen-bond acceptors (Lipinski definition) is 4. The Labute approximate surface area is 129 Å². The first-order valence-electron chi connectivity index (χ1n) is 7.81. The van der Waals surface area contributed by atoms with Gasteiger partial charge in [0.2, 0.25) is 0 Å². The van der Waals surface area contributed by atoms with Crippen LogP contribution in [0.5, 0.6) is 5.75 Å². The highest BCUT2D eigenvalue weighted by molar-refractivity contribution is 6.08. The Morgan fingerprint density at radius 2 is 2.23 bits per heavy atom. The fourth-order valence-corrected chi connectivity index (χ4v) is 3.41. The van der Waals surface area contributed by atoms with Gasteiger partial charge >= 0.3 is 0 Å². The molecule has 0 amide bonds. The summed E-state index contributed by atoms with van der Waals surface area (Å²) in [6, 6.07) is 6.04. The number of hydrogen-bond donors (Lipinski definition) is 1. The lowest BCUT2D eigenvalue weighted by Gasteiger charge is -2.31. The quantitative estimate of drug-likeness (QED) is 0.788. The Balaban J connectivity index is 1.89. The maximum absolute atomic E-state index is 5.33. The molecule has 5 heteroatoms. The predicted molar refractivity (Wildman–Crippen MR) is 88.6 cm³/mol. The summed E-state index contributed by atoms with van der Waals surface area (Å²) in [7, 11) is 1.69. The number of ether oxygens (including phenoxy) is 1. The third-order valence-corrected chi connectivity index (χ3v) is 4.53. The van der Waals surface area contributed by atoms with E-state index in [1.807, 2.05) is 18.2 Å². The molecule has 0 unspecified atom stereocenters. The zero-order valence-corrected chi connectivity index (χ0v) is 13.0. The average Bonchev–Trinajstić information content (AvgIpc) is 2.92. The lowest BCUT2D eigenvalue weighted by molar-refractivity contribution is 0.415. The largest absolute Gasteiger partial charge is 0.497 e. The summed E-state index contributed by atoms with van der Waals surface area (Å²) in [5, 5.41) is 1.09. The van der Waals surface area contributed by atoms with Crippen LogP contribution in [0, 0.1) is 5.92 Å². The second kappa shape index (κ2) is 5.16. The molecule has 1 atom stereocenters. The van der Waals surface area contributed by atoms with Crippen LogP contribution in [-0.2, 0) is 0 Å². The van der Waals surface area contributed by atoms with Crippen LogP contribution in [0.15, 0.2) is 24.5 Å². The molecule has 1 aliphatic heterocycles. The van der Waals surface area contributed by atoms with E-state index in [4.69, 9.17) is 4.74 Å². The number of nitrogens with zero attached hydrogens (tertiary/aromatic N) is 3. The van der Waals surface area contributed by atoms with Gasteiger partial charge in [0.05, 0.1) is 7.11 Å². The van der Waals surface area contributed by atoms with E-state index in [9.17, 15) is 0 Å². The van der Waals surface area contributed by atoms with Gasteiger partial charge in [-0.2, -0.15) is 0 Å². The lowest BCUT2D eigenvalue weighted by Crippen LogP contribution is -2.35. The SMILES string of the molecule is COc1ccc2[nH]c3c(N4CCC[C@@H](C)C4)ncnc3c2c1. The fourth-order valence-electron chi connectivity index (χ4n) is 3.41. The molecule has 0 aliphatic carbocycles. The van der Waals surface area contributed by atoms with E-state index in [1.165, 1.54) is 12.8 Å². The molecule has 1 saturated heterocycles. The molecule has 1 N–H and O–H groups in total. The predicted octanol–water partition coefficient (Wildman–Crippen LogP) is 3.36. The Kier molecular flexibility index (Phi) is 3.13. The van der Waals surface area contributed by atoms with Gasteiger partial charge in [-0.1, -0.05) is 6.92 Å². The van der Waals surface area contributed by atoms with Crippen molar-refractivity contribution in [3.8, 4) is 5.75 Å². The van der Waals surface area contributed by atoms with Crippen LogP contribution >= 0.6 is 0 Å². The summed E-state index contributed by atoms with van der Waals surface area (Å²) in [5.74, 6) is 2.58. The van der Waals surface area contributed by atoms with E-state index in [0.717, 1.165) is 46.6 Å². The van der Waals surface area contributed by atoms with Crippen LogP contribution in [0.4, 0.5) is 5.82 Å². The van der Waals surface area contributed by atoms with Crippen LogP contribution in [0.3, 0.4) is 0 Å². The van der Waals surface area contributed by atoms with Crippen molar-refractivity contribution in [1.29, 1.82) is 0 Å². The van der Waals surface area contributed by atoms with E-state index in [2.05, 4.69) is 26.8 Å². The summed E-state index contributed by atoms with van der Waals surface area (Å²) in [5.41, 5.74) is 3.07. The van der Waals surface area contributed by atoms with Crippen LogP contribution < -0.4 is 9.64 Å². The molecular weight excluding hydrogens is 276 g/mol. The highest BCUT2D eigenvalue weighted by atomic mass is 16.5. The molecular formula is C17H20N4O. The van der Waals surface area contributed by atoms with Crippen molar-refractivity contribution in [3.63, 3.8) is 0 Å². The molecule has 1 aromatic carbocycles. The van der Waals surface area contributed by atoms with E-state index in [0.29, 0.717) is 5.92 Å². The number of rotatable bonds is 2. The van der Waals surface area contributed by atoms with Crippen molar-refractivity contribution in [1.82, 2.24) is 15.0 Å². The summed E-state index contributed by atoms with van der Waals surface area (Å²) in [4.78, 5) is 14.9. The smallest absolute Gasteiger partial charge is 0.156 e. The molecule has 0 saturated carbocycles. The first-order chi connectivity index (χ1) is 10.8. The van der Waals surface area contributed by atoms with E-state index >= 15 is 0 Å². The molecule has 22 heavy (non-hydrogen) atoms. The lowest BCUT2D eigenvalue weighted by atomic mass is 10.0. The zero-order chi connectivity index (χ0) is 15.1. The maximum Gasteiger partial charge on any atom is 0.156 e. The van der Waals surface area contributed by atoms with Gasteiger partial charge in [0.25, 0.3) is 0 Å². The minimum Gasteiger partial charge on any atom is -0.497 e. The third-order valence-electron chi connectivity index (χ3n) is 4.53. The van der Waals surface area contributed by atoms with E-state index < -0.39 is 0 Å². The number of benzene rings is 1. The van der Waals surface area contributed by atoms with Crippen molar-refractivity contribution in [2.75, 3.05) is 25.1 Å². The molecule has 0 bridgehead atoms. The molecule has 0 radical (unpaired) electrons. The summed E-state index contributed by atoms with van der Waals surface area (Å²) < 4.78 is 5.33. The minimum absolute atomic E-state index is 0.711. The molecule has 114 valence electrons. The Morgan fingerprint density at radius 1 is 1.32 bits per heavy atom. The first-order valence-corrected chi connectivity index (χ1v) is 7.81. The molecule has 0 spiro atoms. The van der Waals surface area contributed by atoms with Gasteiger partial charge in [-0.15, -0.1) is 0 Å². The molecule has 1 fully saturated rings. The monoisotopic (exact) mass is 296 g/mol. The normalized spacial score (nSPS) is 19.0. The second-order valence-corrected chi connectivity index (χ2v) is 6.15. The second-order valence-electron chi connectivity index (χ2n) is 6.15. The molecule has 3 aromatic rings. The van der Waals surface area contributed by atoms with Gasteiger partial charge in [0.15, 0.2) is 5.82 Å². The van der Waals surface area contributed by atoms with Crippen LogP contribution in [0.2, 0.25) is 0 Å². The van der Waals surface area contributed by atoms with Gasteiger partial charge in [0, 0.05) is 24.0 Å². The van der Waals surface area contributed by atoms with E-state index in [-0.39, 0.29) is 0 Å². The third kappa shape index (κ3) is 2.08. The van der Waals surface area contributed by atoms with Crippen molar-refractivity contribution < 1.29 is 4.74 Å². The van der Waals surface area contributed by atoms with Gasteiger partial charge in [-0.3, -0.25) is 0 Å². The van der Waals surface area contributed by atoms with Crippen molar-refractivity contribution in [2.24, 2.45) is 5.92 Å². The fraction of sp³-hybridized carbons (Fsp3) is 0.412. The summed E-state index contributed by atoms with van der Waals surface area (Å²) >= 11 is 0. The van der Waals surface area contributed by atoms with Crippen molar-refractivity contribution >= 4 is 27.8 Å². The average molecular weight is 296 g/mol. The molecule has 2 aromatic heterocycles. The first kappa shape index (κ1) is 13.4. The number of nitrogens with one attached hydrogen (secondary N) is 1. The number of aromatic amines is 1. The van der Waals surface area contributed by atoms with Gasteiger partial charge < -0.3 is 14.6 Å². The minimum atomic E-state index is 0.711. The number of piperidine rings is 1. The Morgan fingerprint density at radius 3 is 3.05 bits per heavy atom. The molecule has 4 rings (SSSR count). The van der Waals surface area contributed by atoms with Crippen LogP contribution in [0.1, 0.15) is 19.8 Å². The van der Waals surface area contributed by atoms with Crippen molar-refractivity contribution in [2.45, 2.75) is 19.8 Å². The van der Waals surface area contributed by atoms with Gasteiger partial charge in [0.1, 0.15) is 23.1 Å². The number of aromatic nitrogens is 3. The van der Waals surface area contributed by atoms with Crippen LogP contribution in [-0.4, -0.2) is 35.2 Å². The number of methoxy groups -OCH3 is 1. The highest BCUT2D eigenvalue weighted by Crippen LogP contribution is 2.32. The maximum atomic E-state index is 5.33. The van der Waals surface area contributed by atoms with Gasteiger partial charge in [-0.05, 0) is 37.0 Å². The van der Waals surface area contributed by atoms with Crippen LogP contribution in [0.25, 0.3) is 21.9 Å². The Bertz CT molecular complexity index is 826. The standard InChI is InChI=1S/C17H20N4O/c1-11-4-3-7-21(9-11)17-16-15(18-10-19-17)13-8-12(22-2)5-6-14(13)20-16/h5-6,8,10-11,20H,3-4,7,9H2,1-2H3/t11-/m1/s1. The van der Waals surface area contributed by atoms with E-state index in [1.54, 1.807) is 13.4 Å². The summed E-state index contributed by atoms with van der Waals surface area (Å²) in [6.07, 6.45) is 4.19. The number of H-pyrrole nitrogens is 1.